The highest BCUT2D eigenvalue weighted by molar-refractivity contribution is 9.10. The number of benzene rings is 2. The zero-order valence-electron chi connectivity index (χ0n) is 10.8. The fourth-order valence-corrected chi connectivity index (χ4v) is 2.38. The standard InChI is InChI=1S/C14H9BrF4N2S/c15-10-7-8(16)5-6-12(10)21-13(22)20-11-4-2-1-3-9(11)14(17,18)19/h1-7H,(H2,20,21,22). The summed E-state index contributed by atoms with van der Waals surface area (Å²) in [6.07, 6.45) is -4.49. The lowest BCUT2D eigenvalue weighted by Gasteiger charge is -2.16. The molecule has 8 heteroatoms. The van der Waals surface area contributed by atoms with Gasteiger partial charge in [-0.05, 0) is 58.5 Å². The molecule has 0 unspecified atom stereocenters. The van der Waals surface area contributed by atoms with Crippen molar-refractivity contribution >= 4 is 44.6 Å². The molecule has 0 saturated heterocycles. The van der Waals surface area contributed by atoms with E-state index in [9.17, 15) is 17.6 Å². The van der Waals surface area contributed by atoms with Crippen LogP contribution in [0.4, 0.5) is 28.9 Å². The molecule has 0 heterocycles. The number of hydrogen-bond acceptors (Lipinski definition) is 1. The summed E-state index contributed by atoms with van der Waals surface area (Å²) < 4.78 is 52.0. The van der Waals surface area contributed by atoms with Crippen molar-refractivity contribution in [3.63, 3.8) is 0 Å². The van der Waals surface area contributed by atoms with Crippen LogP contribution in [0.2, 0.25) is 0 Å². The van der Waals surface area contributed by atoms with Gasteiger partial charge in [0.2, 0.25) is 0 Å². The predicted octanol–water partition coefficient (Wildman–Crippen LogP) is 5.42. The minimum atomic E-state index is -4.49. The van der Waals surface area contributed by atoms with Gasteiger partial charge in [-0.1, -0.05) is 12.1 Å². The maximum absolute atomic E-state index is 13.0. The first-order chi connectivity index (χ1) is 10.3. The molecule has 2 nitrogen and oxygen atoms in total. The highest BCUT2D eigenvalue weighted by Gasteiger charge is 2.33. The molecule has 0 spiro atoms. The van der Waals surface area contributed by atoms with Crippen molar-refractivity contribution in [3.05, 3.63) is 58.3 Å². The van der Waals surface area contributed by atoms with Crippen LogP contribution in [0.5, 0.6) is 0 Å². The molecular formula is C14H9BrF4N2S. The molecule has 116 valence electrons. The topological polar surface area (TPSA) is 24.1 Å². The van der Waals surface area contributed by atoms with Gasteiger partial charge in [0.25, 0.3) is 0 Å². The number of hydrogen-bond donors (Lipinski definition) is 2. The molecule has 0 aliphatic carbocycles. The van der Waals surface area contributed by atoms with Crippen LogP contribution in [0.25, 0.3) is 0 Å². The lowest BCUT2D eigenvalue weighted by Crippen LogP contribution is -2.21. The molecular weight excluding hydrogens is 384 g/mol. The Hall–Kier alpha value is -1.67. The van der Waals surface area contributed by atoms with Crippen molar-refractivity contribution in [1.82, 2.24) is 0 Å². The molecule has 0 bridgehead atoms. The molecule has 2 aromatic carbocycles. The molecule has 0 aliphatic heterocycles. The smallest absolute Gasteiger partial charge is 0.332 e. The van der Waals surface area contributed by atoms with Crippen molar-refractivity contribution < 1.29 is 17.6 Å². The van der Waals surface area contributed by atoms with E-state index in [-0.39, 0.29) is 10.8 Å². The first kappa shape index (κ1) is 16.7. The zero-order valence-corrected chi connectivity index (χ0v) is 13.2. The molecule has 0 fully saturated rings. The summed E-state index contributed by atoms with van der Waals surface area (Å²) in [5.41, 5.74) is -0.550. The van der Waals surface area contributed by atoms with Crippen molar-refractivity contribution in [2.75, 3.05) is 10.6 Å². The first-order valence-corrected chi connectivity index (χ1v) is 7.17. The molecule has 0 radical (unpaired) electrons. The zero-order chi connectivity index (χ0) is 16.3. The fraction of sp³-hybridized carbons (Fsp3) is 0.0714. The van der Waals surface area contributed by atoms with Crippen LogP contribution in [0, 0.1) is 5.82 Å². The van der Waals surface area contributed by atoms with Gasteiger partial charge in [0.1, 0.15) is 5.82 Å². The van der Waals surface area contributed by atoms with Gasteiger partial charge in [-0.25, -0.2) is 4.39 Å². The minimum absolute atomic E-state index is 0.0380. The average Bonchev–Trinajstić information content (AvgIpc) is 2.41. The highest BCUT2D eigenvalue weighted by atomic mass is 79.9. The Morgan fingerprint density at radius 1 is 1.00 bits per heavy atom. The minimum Gasteiger partial charge on any atom is -0.332 e. The molecule has 2 aromatic rings. The summed E-state index contributed by atoms with van der Waals surface area (Å²) in [5.74, 6) is -0.446. The van der Waals surface area contributed by atoms with Gasteiger partial charge in [-0.2, -0.15) is 13.2 Å². The second-order valence-electron chi connectivity index (χ2n) is 4.25. The molecule has 0 aromatic heterocycles. The second-order valence-corrected chi connectivity index (χ2v) is 5.51. The van der Waals surface area contributed by atoms with Crippen LogP contribution in [-0.2, 0) is 6.18 Å². The largest absolute Gasteiger partial charge is 0.418 e. The van der Waals surface area contributed by atoms with Gasteiger partial charge >= 0.3 is 6.18 Å². The summed E-state index contributed by atoms with van der Waals surface area (Å²) in [6, 6.07) is 8.83. The van der Waals surface area contributed by atoms with Crippen LogP contribution in [0.15, 0.2) is 46.9 Å². The normalized spacial score (nSPS) is 11.1. The Bertz CT molecular complexity index is 703. The monoisotopic (exact) mass is 392 g/mol. The Kier molecular flexibility index (Phi) is 5.02. The Morgan fingerprint density at radius 2 is 1.64 bits per heavy atom. The summed E-state index contributed by atoms with van der Waals surface area (Å²) in [7, 11) is 0. The predicted molar refractivity (Wildman–Crippen MR) is 85.4 cm³/mol. The summed E-state index contributed by atoms with van der Waals surface area (Å²) >= 11 is 8.13. The van der Waals surface area contributed by atoms with E-state index in [2.05, 4.69) is 26.6 Å². The van der Waals surface area contributed by atoms with Gasteiger partial charge in [0.15, 0.2) is 5.11 Å². The van der Waals surface area contributed by atoms with E-state index in [4.69, 9.17) is 12.2 Å². The van der Waals surface area contributed by atoms with E-state index in [0.717, 1.165) is 6.07 Å². The van der Waals surface area contributed by atoms with Gasteiger partial charge in [-0.3, -0.25) is 0 Å². The molecule has 0 saturated carbocycles. The quantitative estimate of drug-likeness (QED) is 0.527. The summed E-state index contributed by atoms with van der Waals surface area (Å²) in [5, 5.41) is 5.16. The lowest BCUT2D eigenvalue weighted by atomic mass is 10.1. The van der Waals surface area contributed by atoms with E-state index in [1.165, 1.54) is 36.4 Å². The fourth-order valence-electron chi connectivity index (χ4n) is 1.71. The van der Waals surface area contributed by atoms with E-state index < -0.39 is 17.6 Å². The van der Waals surface area contributed by atoms with Crippen molar-refractivity contribution in [3.8, 4) is 0 Å². The van der Waals surface area contributed by atoms with Gasteiger partial charge < -0.3 is 10.6 Å². The molecule has 2 N–H and O–H groups in total. The van der Waals surface area contributed by atoms with Crippen LogP contribution in [0.1, 0.15) is 5.56 Å². The lowest BCUT2D eigenvalue weighted by molar-refractivity contribution is -0.136. The third-order valence-corrected chi connectivity index (χ3v) is 3.52. The SMILES string of the molecule is Fc1ccc(NC(=S)Nc2ccccc2C(F)(F)F)c(Br)c1. The summed E-state index contributed by atoms with van der Waals surface area (Å²) in [6.45, 7) is 0. The number of halogens is 5. The van der Waals surface area contributed by atoms with Crippen molar-refractivity contribution in [2.24, 2.45) is 0 Å². The molecule has 22 heavy (non-hydrogen) atoms. The first-order valence-electron chi connectivity index (χ1n) is 5.96. The third kappa shape index (κ3) is 4.17. The number of rotatable bonds is 2. The third-order valence-electron chi connectivity index (χ3n) is 2.66. The maximum atomic E-state index is 13.0. The number of anilines is 2. The van der Waals surface area contributed by atoms with E-state index in [1.54, 1.807) is 0 Å². The second kappa shape index (κ2) is 6.62. The van der Waals surface area contributed by atoms with E-state index in [0.29, 0.717) is 10.2 Å². The van der Waals surface area contributed by atoms with Gasteiger partial charge in [-0.15, -0.1) is 0 Å². The number of nitrogens with one attached hydrogen (secondary N) is 2. The van der Waals surface area contributed by atoms with Crippen molar-refractivity contribution in [1.29, 1.82) is 0 Å². The number of thiocarbonyl (C=S) groups is 1. The Morgan fingerprint density at radius 3 is 2.27 bits per heavy atom. The molecule has 2 rings (SSSR count). The Labute approximate surface area is 137 Å². The molecule has 0 atom stereocenters. The Balaban J connectivity index is 2.16. The summed E-state index contributed by atoms with van der Waals surface area (Å²) in [4.78, 5) is 0. The molecule has 0 aliphatic rings. The van der Waals surface area contributed by atoms with E-state index in [1.807, 2.05) is 0 Å². The van der Waals surface area contributed by atoms with Crippen LogP contribution in [0.3, 0.4) is 0 Å². The van der Waals surface area contributed by atoms with Crippen LogP contribution in [-0.4, -0.2) is 5.11 Å². The highest BCUT2D eigenvalue weighted by Crippen LogP contribution is 2.34. The van der Waals surface area contributed by atoms with E-state index >= 15 is 0 Å². The van der Waals surface area contributed by atoms with Crippen LogP contribution >= 0.6 is 28.1 Å². The molecule has 0 amide bonds. The maximum Gasteiger partial charge on any atom is 0.418 e. The van der Waals surface area contributed by atoms with Crippen LogP contribution < -0.4 is 10.6 Å². The number of alkyl halides is 3. The number of para-hydroxylation sites is 1. The van der Waals surface area contributed by atoms with Gasteiger partial charge in [0.05, 0.1) is 16.9 Å². The van der Waals surface area contributed by atoms with Crippen molar-refractivity contribution in [2.45, 2.75) is 6.18 Å². The van der Waals surface area contributed by atoms with Gasteiger partial charge in [0, 0.05) is 4.47 Å². The average molecular weight is 393 g/mol.